The minimum Gasteiger partial charge on any atom is -0.452 e. The molecule has 0 unspecified atom stereocenters. The van der Waals surface area contributed by atoms with Crippen LogP contribution in [0, 0.1) is 13.8 Å². The summed E-state index contributed by atoms with van der Waals surface area (Å²) in [5.74, 6) is -0.858. The van der Waals surface area contributed by atoms with Gasteiger partial charge in [0.2, 0.25) is 0 Å². The van der Waals surface area contributed by atoms with Crippen LogP contribution in [-0.2, 0) is 9.53 Å². The number of hydrogen-bond acceptors (Lipinski definition) is 5. The lowest BCUT2D eigenvalue weighted by Gasteiger charge is -2.12. The Morgan fingerprint density at radius 3 is 2.69 bits per heavy atom. The molecule has 0 saturated heterocycles. The smallest absolute Gasteiger partial charge is 0.341 e. The molecule has 1 atom stereocenters. The third-order valence-electron chi connectivity index (χ3n) is 4.04. The summed E-state index contributed by atoms with van der Waals surface area (Å²) in [5, 5.41) is 3.32. The summed E-state index contributed by atoms with van der Waals surface area (Å²) in [6.07, 6.45) is 2.45. The average molecular weight is 372 g/mol. The fourth-order valence-electron chi connectivity index (χ4n) is 2.14. The lowest BCUT2D eigenvalue weighted by atomic mass is 10.1. The molecule has 0 saturated carbocycles. The quantitative estimate of drug-likeness (QED) is 0.746. The van der Waals surface area contributed by atoms with Gasteiger partial charge >= 0.3 is 5.97 Å². The van der Waals surface area contributed by atoms with E-state index in [1.165, 1.54) is 22.9 Å². The summed E-state index contributed by atoms with van der Waals surface area (Å²) in [7, 11) is 0. The van der Waals surface area contributed by atoms with Gasteiger partial charge < -0.3 is 10.1 Å². The maximum absolute atomic E-state index is 12.4. The molecule has 0 aliphatic carbocycles. The predicted molar refractivity (Wildman–Crippen MR) is 102 cm³/mol. The summed E-state index contributed by atoms with van der Waals surface area (Å²) in [5.41, 5.74) is 2.74. The largest absolute Gasteiger partial charge is 0.452 e. The van der Waals surface area contributed by atoms with Gasteiger partial charge in [-0.15, -0.1) is 0 Å². The maximum atomic E-state index is 12.4. The molecule has 1 heterocycles. The maximum Gasteiger partial charge on any atom is 0.341 e. The Hall–Kier alpha value is -2.34. The van der Waals surface area contributed by atoms with Gasteiger partial charge in [0.25, 0.3) is 5.91 Å². The van der Waals surface area contributed by atoms with E-state index in [2.05, 4.69) is 23.3 Å². The van der Waals surface area contributed by atoms with Crippen LogP contribution >= 0.6 is 11.8 Å². The van der Waals surface area contributed by atoms with Gasteiger partial charge in [-0.05, 0) is 62.6 Å². The Morgan fingerprint density at radius 2 is 2.00 bits per heavy atom. The molecule has 0 aliphatic heterocycles. The van der Waals surface area contributed by atoms with Crippen molar-refractivity contribution in [3.63, 3.8) is 0 Å². The highest BCUT2D eigenvalue weighted by molar-refractivity contribution is 7.99. The van der Waals surface area contributed by atoms with Crippen molar-refractivity contribution < 1.29 is 14.3 Å². The summed E-state index contributed by atoms with van der Waals surface area (Å²) < 4.78 is 5.15. The first-order chi connectivity index (χ1) is 12.4. The van der Waals surface area contributed by atoms with Gasteiger partial charge in [0.1, 0.15) is 5.03 Å². The Bertz CT molecular complexity index is 792. The molecule has 0 aliphatic rings. The van der Waals surface area contributed by atoms with E-state index in [-0.39, 0.29) is 18.6 Å². The van der Waals surface area contributed by atoms with E-state index in [0.29, 0.717) is 10.6 Å². The van der Waals surface area contributed by atoms with E-state index in [9.17, 15) is 9.59 Å². The van der Waals surface area contributed by atoms with Gasteiger partial charge in [-0.1, -0.05) is 24.8 Å². The third-order valence-corrected chi connectivity index (χ3v) is 5.05. The third kappa shape index (κ3) is 5.59. The first-order valence-electron chi connectivity index (χ1n) is 8.57. The number of hydrogen-bond donors (Lipinski definition) is 1. The standard InChI is InChI=1S/C20H24N2O3S/c1-5-15(4)22-18(23)12-25-20(24)17-7-6-10-21-19(17)26-16-9-8-13(2)14(3)11-16/h6-11,15H,5,12H2,1-4H3,(H,22,23)/t15-/m1/s1. The van der Waals surface area contributed by atoms with E-state index >= 15 is 0 Å². The van der Waals surface area contributed by atoms with Crippen molar-refractivity contribution in [2.24, 2.45) is 0 Å². The highest BCUT2D eigenvalue weighted by Crippen LogP contribution is 2.30. The number of carbonyl (C=O) groups excluding carboxylic acids is 2. The van der Waals surface area contributed by atoms with Gasteiger partial charge in [-0.3, -0.25) is 4.79 Å². The Labute approximate surface area is 158 Å². The molecular formula is C20H24N2O3S. The fraction of sp³-hybridized carbons (Fsp3) is 0.350. The number of rotatable bonds is 7. The second-order valence-electron chi connectivity index (χ2n) is 6.16. The van der Waals surface area contributed by atoms with Crippen LogP contribution in [0.15, 0.2) is 46.5 Å². The molecule has 5 nitrogen and oxygen atoms in total. The first kappa shape index (κ1) is 20.0. The number of aromatic nitrogens is 1. The molecule has 0 spiro atoms. The van der Waals surface area contributed by atoms with Crippen molar-refractivity contribution in [3.05, 3.63) is 53.2 Å². The van der Waals surface area contributed by atoms with Crippen molar-refractivity contribution in [3.8, 4) is 0 Å². The van der Waals surface area contributed by atoms with Gasteiger partial charge in [-0.2, -0.15) is 0 Å². The number of nitrogens with one attached hydrogen (secondary N) is 1. The van der Waals surface area contributed by atoms with Crippen molar-refractivity contribution >= 4 is 23.6 Å². The van der Waals surface area contributed by atoms with Crippen LogP contribution in [0.25, 0.3) is 0 Å². The first-order valence-corrected chi connectivity index (χ1v) is 9.39. The van der Waals surface area contributed by atoms with Crippen LogP contribution < -0.4 is 5.32 Å². The van der Waals surface area contributed by atoms with Crippen molar-refractivity contribution in [2.75, 3.05) is 6.61 Å². The molecular weight excluding hydrogens is 348 g/mol. The summed E-state index contributed by atoms with van der Waals surface area (Å²) in [6.45, 7) is 7.68. The average Bonchev–Trinajstić information content (AvgIpc) is 2.63. The van der Waals surface area contributed by atoms with Gasteiger partial charge in [0.15, 0.2) is 6.61 Å². The van der Waals surface area contributed by atoms with E-state index in [1.807, 2.05) is 32.9 Å². The topological polar surface area (TPSA) is 68.3 Å². The molecule has 6 heteroatoms. The molecule has 2 rings (SSSR count). The van der Waals surface area contributed by atoms with E-state index in [1.54, 1.807) is 18.3 Å². The van der Waals surface area contributed by atoms with Crippen LogP contribution in [0.5, 0.6) is 0 Å². The van der Waals surface area contributed by atoms with Crippen LogP contribution in [-0.4, -0.2) is 29.5 Å². The van der Waals surface area contributed by atoms with E-state index in [4.69, 9.17) is 4.74 Å². The number of esters is 1. The monoisotopic (exact) mass is 372 g/mol. The Balaban J connectivity index is 2.06. The number of benzene rings is 1. The molecule has 0 fully saturated rings. The van der Waals surface area contributed by atoms with E-state index in [0.717, 1.165) is 11.3 Å². The molecule has 1 N–H and O–H groups in total. The van der Waals surface area contributed by atoms with Crippen LogP contribution in [0.1, 0.15) is 41.8 Å². The lowest BCUT2D eigenvalue weighted by Crippen LogP contribution is -2.35. The number of amides is 1. The lowest BCUT2D eigenvalue weighted by molar-refractivity contribution is -0.124. The van der Waals surface area contributed by atoms with Gasteiger partial charge in [0, 0.05) is 17.1 Å². The normalized spacial score (nSPS) is 11.7. The minimum atomic E-state index is -0.552. The van der Waals surface area contributed by atoms with Crippen LogP contribution in [0.2, 0.25) is 0 Å². The Kier molecular flexibility index (Phi) is 7.21. The van der Waals surface area contributed by atoms with E-state index < -0.39 is 5.97 Å². The molecule has 138 valence electrons. The fourth-order valence-corrected chi connectivity index (χ4v) is 3.11. The predicted octanol–water partition coefficient (Wildman–Crippen LogP) is 3.92. The molecule has 0 radical (unpaired) electrons. The molecule has 1 aromatic heterocycles. The number of aryl methyl sites for hydroxylation is 2. The van der Waals surface area contributed by atoms with Crippen LogP contribution in [0.3, 0.4) is 0 Å². The SMILES string of the molecule is CC[C@@H](C)NC(=O)COC(=O)c1cccnc1Sc1ccc(C)c(C)c1. The highest BCUT2D eigenvalue weighted by atomic mass is 32.2. The van der Waals surface area contributed by atoms with Crippen molar-refractivity contribution in [2.45, 2.75) is 50.1 Å². The number of ether oxygens (including phenoxy) is 1. The zero-order valence-electron chi connectivity index (χ0n) is 15.5. The van der Waals surface area contributed by atoms with Crippen molar-refractivity contribution in [1.29, 1.82) is 0 Å². The molecule has 1 aromatic carbocycles. The molecule has 2 aromatic rings. The molecule has 26 heavy (non-hydrogen) atoms. The zero-order valence-corrected chi connectivity index (χ0v) is 16.4. The minimum absolute atomic E-state index is 0.0514. The van der Waals surface area contributed by atoms with Crippen LogP contribution in [0.4, 0.5) is 0 Å². The number of pyridine rings is 1. The van der Waals surface area contributed by atoms with Gasteiger partial charge in [-0.25, -0.2) is 9.78 Å². The highest BCUT2D eigenvalue weighted by Gasteiger charge is 2.17. The number of carbonyl (C=O) groups is 2. The Morgan fingerprint density at radius 1 is 1.23 bits per heavy atom. The summed E-state index contributed by atoms with van der Waals surface area (Å²) in [6, 6.07) is 9.49. The number of nitrogens with zero attached hydrogens (tertiary/aromatic N) is 1. The van der Waals surface area contributed by atoms with Crippen molar-refractivity contribution in [1.82, 2.24) is 10.3 Å². The molecule has 1 amide bonds. The zero-order chi connectivity index (χ0) is 19.1. The second kappa shape index (κ2) is 9.38. The second-order valence-corrected chi connectivity index (χ2v) is 7.22. The molecule has 0 bridgehead atoms. The summed E-state index contributed by atoms with van der Waals surface area (Å²) in [4.78, 5) is 29.5. The summed E-state index contributed by atoms with van der Waals surface area (Å²) >= 11 is 1.40. The van der Waals surface area contributed by atoms with Gasteiger partial charge in [0.05, 0.1) is 5.56 Å².